The summed E-state index contributed by atoms with van der Waals surface area (Å²) in [6.07, 6.45) is 6.52. The van der Waals surface area contributed by atoms with Crippen LogP contribution in [0.1, 0.15) is 100 Å². The molecule has 2 saturated heterocycles. The van der Waals surface area contributed by atoms with Crippen molar-refractivity contribution in [3.05, 3.63) is 0 Å². The number of rotatable bonds is 7. The molecule has 2 fully saturated rings. The molecule has 0 aromatic heterocycles. The lowest BCUT2D eigenvalue weighted by Crippen LogP contribution is -2.40. The summed E-state index contributed by atoms with van der Waals surface area (Å²) in [4.78, 5) is 54.3. The van der Waals surface area contributed by atoms with Gasteiger partial charge in [0.25, 0.3) is 0 Å². The molecule has 10 heteroatoms. The number of carbonyl (C=O) groups excluding carboxylic acids is 4. The standard InChI is InChI=1S/C14H26N2O4.C12H21NO3.CH4/c1-14(2,3)20-13(18)16-10-6-7-11(16)8-9-12(17)15(4)19-5;1-12(2,3)16-11(15)13-8-4-6-10(13)7-5-9-14;/h11H,6-10H2,1-5H3;9-10H,4-8H2,1-3H3;1H4/t11-;10-;/m00./s1. The second-order valence-corrected chi connectivity index (χ2v) is 11.3. The van der Waals surface area contributed by atoms with Crippen molar-refractivity contribution < 1.29 is 33.5 Å². The number of carbonyl (C=O) groups is 4. The van der Waals surface area contributed by atoms with Crippen molar-refractivity contribution >= 4 is 24.4 Å². The van der Waals surface area contributed by atoms with E-state index in [0.717, 1.165) is 44.9 Å². The van der Waals surface area contributed by atoms with Gasteiger partial charge in [-0.2, -0.15) is 0 Å². The van der Waals surface area contributed by atoms with Gasteiger partial charge in [-0.25, -0.2) is 14.7 Å². The predicted molar refractivity (Wildman–Crippen MR) is 143 cm³/mol. The highest BCUT2D eigenvalue weighted by Gasteiger charge is 2.33. The fraction of sp³-hybridized carbons (Fsp3) is 0.852. The van der Waals surface area contributed by atoms with E-state index in [4.69, 9.17) is 14.3 Å². The molecule has 0 bridgehead atoms. The Kier molecular flexibility index (Phi) is 14.8. The van der Waals surface area contributed by atoms with Gasteiger partial charge in [-0.3, -0.25) is 9.63 Å². The second-order valence-electron chi connectivity index (χ2n) is 11.3. The molecular formula is C27H51N3O7. The molecule has 10 nitrogen and oxygen atoms in total. The van der Waals surface area contributed by atoms with E-state index in [9.17, 15) is 19.2 Å². The second kappa shape index (κ2) is 15.8. The molecule has 0 aromatic rings. The first-order valence-corrected chi connectivity index (χ1v) is 12.9. The smallest absolute Gasteiger partial charge is 0.410 e. The minimum atomic E-state index is -0.490. The third-order valence-electron chi connectivity index (χ3n) is 5.94. The van der Waals surface area contributed by atoms with Gasteiger partial charge in [0.2, 0.25) is 5.91 Å². The van der Waals surface area contributed by atoms with Crippen LogP contribution in [0.5, 0.6) is 0 Å². The highest BCUT2D eigenvalue weighted by molar-refractivity contribution is 5.75. The van der Waals surface area contributed by atoms with Crippen molar-refractivity contribution in [2.45, 2.75) is 124 Å². The van der Waals surface area contributed by atoms with Crippen molar-refractivity contribution in [3.63, 3.8) is 0 Å². The zero-order chi connectivity index (χ0) is 27.5. The predicted octanol–water partition coefficient (Wildman–Crippen LogP) is 5.19. The third-order valence-corrected chi connectivity index (χ3v) is 5.94. The average molecular weight is 530 g/mol. The Morgan fingerprint density at radius 2 is 1.30 bits per heavy atom. The molecule has 3 amide bonds. The van der Waals surface area contributed by atoms with Gasteiger partial charge in [-0.05, 0) is 80.1 Å². The molecule has 0 unspecified atom stereocenters. The molecule has 0 spiro atoms. The Bertz CT molecular complexity index is 730. The first kappa shape index (κ1) is 34.6. The molecule has 216 valence electrons. The molecule has 0 N–H and O–H groups in total. The van der Waals surface area contributed by atoms with Crippen LogP contribution in [0, 0.1) is 0 Å². The summed E-state index contributed by atoms with van der Waals surface area (Å²) in [5, 5.41) is 1.22. The molecule has 0 saturated carbocycles. The number of likely N-dealkylation sites (tertiary alicyclic amines) is 2. The van der Waals surface area contributed by atoms with E-state index in [1.807, 2.05) is 41.5 Å². The molecule has 2 aliphatic rings. The summed E-state index contributed by atoms with van der Waals surface area (Å²) in [7, 11) is 3.04. The first-order chi connectivity index (χ1) is 16.7. The van der Waals surface area contributed by atoms with Crippen molar-refractivity contribution in [3.8, 4) is 0 Å². The van der Waals surface area contributed by atoms with E-state index < -0.39 is 11.2 Å². The maximum absolute atomic E-state index is 12.1. The molecule has 37 heavy (non-hydrogen) atoms. The quantitative estimate of drug-likeness (QED) is 0.330. The van der Waals surface area contributed by atoms with E-state index in [2.05, 4.69) is 0 Å². The number of hydroxylamine groups is 2. The maximum atomic E-state index is 12.1. The van der Waals surface area contributed by atoms with Crippen LogP contribution >= 0.6 is 0 Å². The van der Waals surface area contributed by atoms with Crippen molar-refractivity contribution in [1.29, 1.82) is 0 Å². The summed E-state index contributed by atoms with van der Waals surface area (Å²) in [6, 6.07) is 0.263. The number of hydrogen-bond acceptors (Lipinski definition) is 7. The van der Waals surface area contributed by atoms with E-state index in [-0.39, 0.29) is 37.6 Å². The van der Waals surface area contributed by atoms with Gasteiger partial charge in [-0.15, -0.1) is 0 Å². The van der Waals surface area contributed by atoms with E-state index in [1.165, 1.54) is 12.2 Å². The van der Waals surface area contributed by atoms with Crippen molar-refractivity contribution in [1.82, 2.24) is 14.9 Å². The molecular weight excluding hydrogens is 478 g/mol. The summed E-state index contributed by atoms with van der Waals surface area (Å²) in [5.41, 5.74) is -0.939. The number of amides is 3. The van der Waals surface area contributed by atoms with Crippen LogP contribution in [-0.2, 0) is 23.9 Å². The summed E-state index contributed by atoms with van der Waals surface area (Å²) < 4.78 is 10.7. The Labute approximate surface area is 223 Å². The SMILES string of the molecule is C.CC(C)(C)OC(=O)N1CCC[C@H]1CCC=O.CON(C)C(=O)CC[C@@H]1CCCN1C(=O)OC(C)(C)C. The van der Waals surface area contributed by atoms with E-state index in [1.54, 1.807) is 16.8 Å². The van der Waals surface area contributed by atoms with Gasteiger partial charge >= 0.3 is 12.2 Å². The van der Waals surface area contributed by atoms with Gasteiger partial charge in [0.05, 0.1) is 7.11 Å². The normalized spacial score (nSPS) is 19.4. The fourth-order valence-corrected chi connectivity index (χ4v) is 4.20. The molecule has 0 aromatic carbocycles. The zero-order valence-electron chi connectivity index (χ0n) is 23.5. The van der Waals surface area contributed by atoms with Crippen LogP contribution in [0.2, 0.25) is 0 Å². The van der Waals surface area contributed by atoms with Crippen LogP contribution in [0.4, 0.5) is 9.59 Å². The minimum Gasteiger partial charge on any atom is -0.444 e. The maximum Gasteiger partial charge on any atom is 0.410 e. The number of ether oxygens (including phenoxy) is 2. The highest BCUT2D eigenvalue weighted by atomic mass is 16.7. The lowest BCUT2D eigenvalue weighted by Gasteiger charge is -2.28. The van der Waals surface area contributed by atoms with Gasteiger partial charge in [0, 0.05) is 45.1 Å². The number of hydrogen-bond donors (Lipinski definition) is 0. The van der Waals surface area contributed by atoms with E-state index >= 15 is 0 Å². The van der Waals surface area contributed by atoms with Crippen LogP contribution in [0.3, 0.4) is 0 Å². The number of aldehydes is 1. The van der Waals surface area contributed by atoms with Gasteiger partial charge in [-0.1, -0.05) is 7.43 Å². The summed E-state index contributed by atoms with van der Waals surface area (Å²) >= 11 is 0. The largest absolute Gasteiger partial charge is 0.444 e. The Morgan fingerprint density at radius 1 is 0.865 bits per heavy atom. The van der Waals surface area contributed by atoms with Crippen LogP contribution in [0.15, 0.2) is 0 Å². The zero-order valence-corrected chi connectivity index (χ0v) is 23.5. The summed E-state index contributed by atoms with van der Waals surface area (Å²) in [6.45, 7) is 12.6. The van der Waals surface area contributed by atoms with Crippen molar-refractivity contribution in [2.24, 2.45) is 0 Å². The Morgan fingerprint density at radius 3 is 1.68 bits per heavy atom. The molecule has 2 heterocycles. The van der Waals surface area contributed by atoms with Crippen molar-refractivity contribution in [2.75, 3.05) is 27.2 Å². The third kappa shape index (κ3) is 13.1. The first-order valence-electron chi connectivity index (χ1n) is 12.9. The lowest BCUT2D eigenvalue weighted by atomic mass is 10.1. The fourth-order valence-electron chi connectivity index (χ4n) is 4.20. The van der Waals surface area contributed by atoms with E-state index in [0.29, 0.717) is 25.8 Å². The topological polar surface area (TPSA) is 106 Å². The van der Waals surface area contributed by atoms with Crippen LogP contribution < -0.4 is 0 Å². The molecule has 0 radical (unpaired) electrons. The highest BCUT2D eigenvalue weighted by Crippen LogP contribution is 2.25. The molecule has 2 aliphatic heterocycles. The molecule has 0 aliphatic carbocycles. The average Bonchev–Trinajstić information content (AvgIpc) is 3.43. The van der Waals surface area contributed by atoms with Crippen LogP contribution in [0.25, 0.3) is 0 Å². The number of nitrogens with zero attached hydrogens (tertiary/aromatic N) is 3. The van der Waals surface area contributed by atoms with Gasteiger partial charge in [0.15, 0.2) is 0 Å². The van der Waals surface area contributed by atoms with Gasteiger partial charge < -0.3 is 24.1 Å². The van der Waals surface area contributed by atoms with Crippen LogP contribution in [-0.4, -0.2) is 89.8 Å². The Balaban J connectivity index is 0.000000698. The molecule has 2 atom stereocenters. The Hall–Kier alpha value is -2.36. The summed E-state index contributed by atoms with van der Waals surface area (Å²) in [5.74, 6) is -0.0801. The van der Waals surface area contributed by atoms with Gasteiger partial charge in [0.1, 0.15) is 17.5 Å². The molecule has 2 rings (SSSR count). The lowest BCUT2D eigenvalue weighted by molar-refractivity contribution is -0.169. The minimum absolute atomic E-state index is 0. The monoisotopic (exact) mass is 529 g/mol.